The van der Waals surface area contributed by atoms with Crippen molar-refractivity contribution in [1.82, 2.24) is 5.09 Å². The average molecular weight is 179 g/mol. The zero-order valence-electron chi connectivity index (χ0n) is 7.42. The molecule has 0 aromatic heterocycles. The Kier molecular flexibility index (Phi) is 5.19. The van der Waals surface area contributed by atoms with Crippen LogP contribution in [0.2, 0.25) is 0 Å². The number of ether oxygens (including phenoxy) is 1. The van der Waals surface area contributed by atoms with E-state index in [4.69, 9.17) is 9.84 Å². The summed E-state index contributed by atoms with van der Waals surface area (Å²) in [6, 6.07) is 0. The highest BCUT2D eigenvalue weighted by molar-refractivity contribution is 7.13. The molecule has 0 heterocycles. The van der Waals surface area contributed by atoms with Crippen LogP contribution in [-0.2, 0) is 4.74 Å². The van der Waals surface area contributed by atoms with E-state index in [1.807, 2.05) is 13.8 Å². The third-order valence-corrected chi connectivity index (χ3v) is 1.99. The highest BCUT2D eigenvalue weighted by Crippen LogP contribution is 2.04. The monoisotopic (exact) mass is 179 g/mol. The lowest BCUT2D eigenvalue weighted by atomic mass is 10.1. The lowest BCUT2D eigenvalue weighted by Crippen LogP contribution is -2.38. The summed E-state index contributed by atoms with van der Waals surface area (Å²) in [5.41, 5.74) is -0.0421. The number of hydrogen-bond acceptors (Lipinski definition) is 3. The predicted octanol–water partition coefficient (Wildman–Crippen LogP) is 0.542. The second-order valence-corrected chi connectivity index (χ2v) is 3.68. The number of rotatable bonds is 5. The highest BCUT2D eigenvalue weighted by atomic mass is 31.0. The Bertz CT molecular complexity index is 107. The summed E-state index contributed by atoms with van der Waals surface area (Å²) < 4.78 is 5.22. The maximum atomic E-state index is 8.87. The van der Waals surface area contributed by atoms with Crippen LogP contribution in [0.1, 0.15) is 20.8 Å². The van der Waals surface area contributed by atoms with Gasteiger partial charge in [0.25, 0.3) is 0 Å². The molecule has 0 radical (unpaired) electrons. The Hall–Kier alpha value is 0.310. The molecular formula is C7H18NO2P. The van der Waals surface area contributed by atoms with Crippen LogP contribution in [0.25, 0.3) is 0 Å². The molecule has 0 spiro atoms. The van der Waals surface area contributed by atoms with E-state index in [2.05, 4.69) is 14.5 Å². The molecule has 0 saturated carbocycles. The standard InChI is InChI=1S/C7H18NO2P/c1-6(9)4-10-5-7(2,3)8-11/h6,8-9H,4-5,11H2,1-3H3. The molecule has 68 valence electrons. The molecule has 4 heteroatoms. The molecule has 0 amide bonds. The fraction of sp³-hybridized carbons (Fsp3) is 1.00. The van der Waals surface area contributed by atoms with Gasteiger partial charge < -0.3 is 9.84 Å². The van der Waals surface area contributed by atoms with E-state index in [9.17, 15) is 0 Å². The van der Waals surface area contributed by atoms with Crippen molar-refractivity contribution in [2.24, 2.45) is 0 Å². The van der Waals surface area contributed by atoms with Crippen molar-refractivity contribution in [1.29, 1.82) is 0 Å². The Morgan fingerprint density at radius 2 is 2.18 bits per heavy atom. The number of aliphatic hydroxyl groups is 1. The molecule has 0 aromatic rings. The van der Waals surface area contributed by atoms with Gasteiger partial charge in [0.2, 0.25) is 0 Å². The normalized spacial score (nSPS) is 15.0. The van der Waals surface area contributed by atoms with Crippen LogP contribution < -0.4 is 5.09 Å². The molecule has 0 saturated heterocycles. The quantitative estimate of drug-likeness (QED) is 0.605. The van der Waals surface area contributed by atoms with Crippen molar-refractivity contribution in [2.45, 2.75) is 32.4 Å². The molecular weight excluding hydrogens is 161 g/mol. The van der Waals surface area contributed by atoms with Gasteiger partial charge in [-0.15, -0.1) is 0 Å². The summed E-state index contributed by atoms with van der Waals surface area (Å²) in [6.45, 7) is 6.77. The van der Waals surface area contributed by atoms with Crippen molar-refractivity contribution in [3.05, 3.63) is 0 Å². The molecule has 2 unspecified atom stereocenters. The first-order chi connectivity index (χ1) is 4.98. The summed E-state index contributed by atoms with van der Waals surface area (Å²) in [6.07, 6.45) is -0.379. The minimum atomic E-state index is -0.379. The van der Waals surface area contributed by atoms with Crippen molar-refractivity contribution in [2.75, 3.05) is 13.2 Å². The molecule has 0 rings (SSSR count). The second-order valence-electron chi connectivity index (χ2n) is 3.39. The van der Waals surface area contributed by atoms with Crippen LogP contribution in [0.3, 0.4) is 0 Å². The number of aliphatic hydroxyl groups excluding tert-OH is 1. The van der Waals surface area contributed by atoms with Crippen molar-refractivity contribution in [3.8, 4) is 0 Å². The zero-order valence-corrected chi connectivity index (χ0v) is 8.58. The first-order valence-electron chi connectivity index (χ1n) is 3.71. The summed E-state index contributed by atoms with van der Waals surface area (Å²) in [4.78, 5) is 0. The predicted molar refractivity (Wildman–Crippen MR) is 49.4 cm³/mol. The van der Waals surface area contributed by atoms with Gasteiger partial charge >= 0.3 is 0 Å². The first-order valence-corrected chi connectivity index (χ1v) is 4.29. The maximum Gasteiger partial charge on any atom is 0.0745 e. The van der Waals surface area contributed by atoms with Crippen molar-refractivity contribution in [3.63, 3.8) is 0 Å². The summed E-state index contributed by atoms with van der Waals surface area (Å²) >= 11 is 0. The van der Waals surface area contributed by atoms with Crippen molar-refractivity contribution < 1.29 is 9.84 Å². The minimum absolute atomic E-state index is 0.0421. The molecule has 0 aliphatic heterocycles. The Labute approximate surface area is 70.8 Å². The largest absolute Gasteiger partial charge is 0.391 e. The Morgan fingerprint density at radius 3 is 2.55 bits per heavy atom. The molecule has 2 N–H and O–H groups in total. The van der Waals surface area contributed by atoms with E-state index in [0.29, 0.717) is 13.2 Å². The number of nitrogens with one attached hydrogen (secondary N) is 1. The van der Waals surface area contributed by atoms with Gasteiger partial charge in [0.05, 0.1) is 19.3 Å². The highest BCUT2D eigenvalue weighted by Gasteiger charge is 2.14. The summed E-state index contributed by atoms with van der Waals surface area (Å²) in [7, 11) is 2.45. The van der Waals surface area contributed by atoms with Crippen molar-refractivity contribution >= 4 is 9.39 Å². The lowest BCUT2D eigenvalue weighted by Gasteiger charge is -2.23. The molecule has 0 aromatic carbocycles. The fourth-order valence-corrected chi connectivity index (χ4v) is 0.610. The van der Waals surface area contributed by atoms with Crippen LogP contribution in [0.5, 0.6) is 0 Å². The fourth-order valence-electron chi connectivity index (χ4n) is 0.526. The first kappa shape index (κ1) is 11.3. The topological polar surface area (TPSA) is 41.5 Å². The zero-order chi connectivity index (χ0) is 8.91. The smallest absolute Gasteiger partial charge is 0.0745 e. The molecule has 11 heavy (non-hydrogen) atoms. The van der Waals surface area contributed by atoms with Gasteiger partial charge in [-0.3, -0.25) is 5.09 Å². The summed E-state index contributed by atoms with van der Waals surface area (Å²) in [5, 5.41) is 11.9. The molecule has 0 bridgehead atoms. The average Bonchev–Trinajstić information content (AvgIpc) is 1.87. The van der Waals surface area contributed by atoms with E-state index in [0.717, 1.165) is 0 Å². The van der Waals surface area contributed by atoms with Gasteiger partial charge in [-0.25, -0.2) is 0 Å². The third-order valence-electron chi connectivity index (χ3n) is 1.21. The van der Waals surface area contributed by atoms with Gasteiger partial charge in [-0.2, -0.15) is 0 Å². The summed E-state index contributed by atoms with van der Waals surface area (Å²) in [5.74, 6) is 0. The van der Waals surface area contributed by atoms with Crippen LogP contribution in [0.4, 0.5) is 0 Å². The van der Waals surface area contributed by atoms with E-state index in [1.54, 1.807) is 6.92 Å². The van der Waals surface area contributed by atoms with E-state index >= 15 is 0 Å². The molecule has 0 fully saturated rings. The van der Waals surface area contributed by atoms with Gasteiger partial charge in [0, 0.05) is 5.54 Å². The van der Waals surface area contributed by atoms with E-state index < -0.39 is 0 Å². The van der Waals surface area contributed by atoms with Gasteiger partial charge in [0.15, 0.2) is 0 Å². The minimum Gasteiger partial charge on any atom is -0.391 e. The maximum absolute atomic E-state index is 8.87. The third kappa shape index (κ3) is 6.70. The second kappa shape index (κ2) is 5.04. The van der Waals surface area contributed by atoms with Crippen LogP contribution in [0.15, 0.2) is 0 Å². The lowest BCUT2D eigenvalue weighted by molar-refractivity contribution is 0.0259. The van der Waals surface area contributed by atoms with E-state index in [1.165, 1.54) is 0 Å². The molecule has 2 atom stereocenters. The van der Waals surface area contributed by atoms with Gasteiger partial charge in [-0.05, 0) is 20.8 Å². The van der Waals surface area contributed by atoms with Gasteiger partial charge in [-0.1, -0.05) is 9.39 Å². The van der Waals surface area contributed by atoms with Crippen LogP contribution in [0, 0.1) is 0 Å². The molecule has 0 aliphatic rings. The molecule has 0 aliphatic carbocycles. The van der Waals surface area contributed by atoms with E-state index in [-0.39, 0.29) is 11.6 Å². The molecule has 3 nitrogen and oxygen atoms in total. The van der Waals surface area contributed by atoms with Gasteiger partial charge in [0.1, 0.15) is 0 Å². The van der Waals surface area contributed by atoms with Crippen LogP contribution >= 0.6 is 9.39 Å². The Morgan fingerprint density at radius 1 is 1.64 bits per heavy atom. The SMILES string of the molecule is CC(O)COCC(C)(C)NP. The Balaban J connectivity index is 3.38. The number of hydrogen-bond donors (Lipinski definition) is 2. The van der Waals surface area contributed by atoms with Crippen LogP contribution in [-0.4, -0.2) is 30.0 Å².